The maximum atomic E-state index is 12.8. The zero-order valence-electron chi connectivity index (χ0n) is 19.8. The number of aromatic amines is 1. The normalized spacial score (nSPS) is 19.6. The second kappa shape index (κ2) is 8.69. The van der Waals surface area contributed by atoms with E-state index in [2.05, 4.69) is 42.9 Å². The third-order valence-corrected chi connectivity index (χ3v) is 7.30. The van der Waals surface area contributed by atoms with Gasteiger partial charge in [0, 0.05) is 35.6 Å². The second-order valence-electron chi connectivity index (χ2n) is 9.63. The number of carbonyl (C=O) groups excluding carboxylic acids is 1. The number of nitrogen functional groups attached to an aromatic ring is 1. The zero-order valence-corrected chi connectivity index (χ0v) is 19.8. The fourth-order valence-electron chi connectivity index (χ4n) is 5.40. The maximum absolute atomic E-state index is 12.8. The Morgan fingerprint density at radius 1 is 1.20 bits per heavy atom. The van der Waals surface area contributed by atoms with Gasteiger partial charge in [0.05, 0.1) is 17.6 Å². The number of rotatable bonds is 4. The van der Waals surface area contributed by atoms with E-state index in [1.165, 1.54) is 11.3 Å². The van der Waals surface area contributed by atoms with Crippen molar-refractivity contribution in [2.45, 2.75) is 51.4 Å². The van der Waals surface area contributed by atoms with E-state index in [-0.39, 0.29) is 17.7 Å². The van der Waals surface area contributed by atoms with Crippen LogP contribution in [-0.2, 0) is 11.2 Å². The van der Waals surface area contributed by atoms with Gasteiger partial charge >= 0.3 is 0 Å². The van der Waals surface area contributed by atoms with E-state index in [1.807, 2.05) is 25.3 Å². The van der Waals surface area contributed by atoms with Gasteiger partial charge in [-0.05, 0) is 69.2 Å². The van der Waals surface area contributed by atoms with E-state index in [9.17, 15) is 4.79 Å². The molecule has 0 spiro atoms. The third kappa shape index (κ3) is 3.99. The number of allylic oxidation sites excluding steroid dienone is 1. The maximum Gasteiger partial charge on any atom is 0.227 e. The number of nitrogens with one attached hydrogen (secondary N) is 2. The molecule has 2 aliphatic rings. The van der Waals surface area contributed by atoms with Crippen molar-refractivity contribution in [2.75, 3.05) is 11.1 Å². The largest absolute Gasteiger partial charge is 0.382 e. The summed E-state index contributed by atoms with van der Waals surface area (Å²) in [4.78, 5) is 30.1. The summed E-state index contributed by atoms with van der Waals surface area (Å²) in [5.41, 5.74) is 13.1. The Bertz CT molecular complexity index is 1420. The number of nitrogens with two attached hydrogens (primary N) is 1. The molecular formula is C27H29N7O. The van der Waals surface area contributed by atoms with Crippen LogP contribution in [0.1, 0.15) is 60.8 Å². The molecule has 0 aliphatic heterocycles. The molecule has 2 aliphatic carbocycles. The number of aromatic nitrogens is 5. The number of hydrogen-bond acceptors (Lipinski definition) is 5. The molecule has 4 heterocycles. The minimum absolute atomic E-state index is 0.00750. The summed E-state index contributed by atoms with van der Waals surface area (Å²) in [7, 11) is 0. The molecule has 4 aromatic heterocycles. The highest BCUT2D eigenvalue weighted by Crippen LogP contribution is 2.39. The average molecular weight is 468 g/mol. The van der Waals surface area contributed by atoms with Crippen LogP contribution in [0.5, 0.6) is 0 Å². The first-order valence-electron chi connectivity index (χ1n) is 12.3. The molecule has 0 unspecified atom stereocenters. The van der Waals surface area contributed by atoms with Crippen LogP contribution in [0.25, 0.3) is 23.0 Å². The van der Waals surface area contributed by atoms with Gasteiger partial charge in [-0.25, -0.2) is 9.97 Å². The number of fused-ring (bicyclic) bond motifs is 2. The Morgan fingerprint density at radius 2 is 2.06 bits per heavy atom. The predicted octanol–water partition coefficient (Wildman–Crippen LogP) is 4.88. The Hall–Kier alpha value is -3.94. The Balaban J connectivity index is 1.24. The SMILES string of the molecule is Cc1ccc(NC(=O)[C@H]2CC[C@H](c3nc(-c4cc5c([nH]4)CCC=C5)c4c(N)nccn43)CC2)cn1. The summed E-state index contributed by atoms with van der Waals surface area (Å²) < 4.78 is 2.09. The lowest BCUT2D eigenvalue weighted by molar-refractivity contribution is -0.120. The van der Waals surface area contributed by atoms with Crippen LogP contribution in [0.2, 0.25) is 0 Å². The lowest BCUT2D eigenvalue weighted by atomic mass is 9.81. The van der Waals surface area contributed by atoms with Crippen LogP contribution < -0.4 is 11.1 Å². The molecule has 4 aromatic rings. The standard InChI is InChI=1S/C27H29N7O/c1-16-6-11-20(15-30-16)31-27(35)18-9-7-17(8-10-18)26-33-23(24-25(28)29-12-13-34(24)26)22-14-19-4-2-3-5-21(19)32-22/h2,4,6,11-15,17-18,32H,3,5,7-10H2,1H3,(H2,28,29)(H,31,35)/t17-,18-. The quantitative estimate of drug-likeness (QED) is 0.396. The smallest absolute Gasteiger partial charge is 0.227 e. The van der Waals surface area contributed by atoms with Crippen molar-refractivity contribution in [3.8, 4) is 11.4 Å². The van der Waals surface area contributed by atoms with Crippen LogP contribution in [0.3, 0.4) is 0 Å². The van der Waals surface area contributed by atoms with Gasteiger partial charge in [-0.1, -0.05) is 12.2 Å². The van der Waals surface area contributed by atoms with Crippen LogP contribution in [0, 0.1) is 12.8 Å². The molecule has 0 radical (unpaired) electrons. The number of nitrogens with zero attached hydrogens (tertiary/aromatic N) is 4. The highest BCUT2D eigenvalue weighted by molar-refractivity contribution is 5.92. The van der Waals surface area contributed by atoms with Crippen LogP contribution in [0.15, 0.2) is 42.9 Å². The van der Waals surface area contributed by atoms with Gasteiger partial charge in [-0.3, -0.25) is 14.2 Å². The fourth-order valence-corrected chi connectivity index (χ4v) is 5.40. The molecule has 1 fully saturated rings. The van der Waals surface area contributed by atoms with Crippen molar-refractivity contribution in [3.63, 3.8) is 0 Å². The number of hydrogen-bond donors (Lipinski definition) is 3. The lowest BCUT2D eigenvalue weighted by Gasteiger charge is -2.27. The summed E-state index contributed by atoms with van der Waals surface area (Å²) in [6, 6.07) is 5.96. The summed E-state index contributed by atoms with van der Waals surface area (Å²) in [5.74, 6) is 1.79. The minimum Gasteiger partial charge on any atom is -0.382 e. The van der Waals surface area contributed by atoms with Crippen molar-refractivity contribution in [3.05, 3.63) is 65.6 Å². The summed E-state index contributed by atoms with van der Waals surface area (Å²) in [6.07, 6.45) is 15.2. The van der Waals surface area contributed by atoms with Crippen molar-refractivity contribution in [2.24, 2.45) is 5.92 Å². The van der Waals surface area contributed by atoms with Crippen molar-refractivity contribution in [1.82, 2.24) is 24.3 Å². The molecule has 0 atom stereocenters. The van der Waals surface area contributed by atoms with E-state index in [4.69, 9.17) is 10.7 Å². The van der Waals surface area contributed by atoms with E-state index in [0.717, 1.165) is 72.6 Å². The summed E-state index contributed by atoms with van der Waals surface area (Å²) in [6.45, 7) is 1.93. The van der Waals surface area contributed by atoms with Gasteiger partial charge in [0.25, 0.3) is 0 Å². The number of amides is 1. The highest BCUT2D eigenvalue weighted by Gasteiger charge is 2.31. The molecule has 0 bridgehead atoms. The van der Waals surface area contributed by atoms with Crippen LogP contribution in [-0.4, -0.2) is 30.2 Å². The average Bonchev–Trinajstić information content (AvgIpc) is 3.48. The van der Waals surface area contributed by atoms with Crippen LogP contribution in [0.4, 0.5) is 11.5 Å². The third-order valence-electron chi connectivity index (χ3n) is 7.30. The van der Waals surface area contributed by atoms with Crippen molar-refractivity contribution < 1.29 is 4.79 Å². The van der Waals surface area contributed by atoms with Crippen LogP contribution >= 0.6 is 0 Å². The van der Waals surface area contributed by atoms with Gasteiger partial charge in [0.1, 0.15) is 22.9 Å². The number of pyridine rings is 1. The molecular weight excluding hydrogens is 438 g/mol. The van der Waals surface area contributed by atoms with E-state index in [0.29, 0.717) is 5.82 Å². The van der Waals surface area contributed by atoms with Gasteiger partial charge < -0.3 is 16.0 Å². The summed E-state index contributed by atoms with van der Waals surface area (Å²) in [5, 5.41) is 3.02. The summed E-state index contributed by atoms with van der Waals surface area (Å²) >= 11 is 0. The predicted molar refractivity (Wildman–Crippen MR) is 137 cm³/mol. The van der Waals surface area contributed by atoms with E-state index < -0.39 is 0 Å². The number of imidazole rings is 1. The number of carbonyl (C=O) groups is 1. The molecule has 0 saturated heterocycles. The molecule has 1 amide bonds. The molecule has 8 heteroatoms. The molecule has 4 N–H and O–H groups in total. The molecule has 35 heavy (non-hydrogen) atoms. The van der Waals surface area contributed by atoms with E-state index in [1.54, 1.807) is 12.4 Å². The molecule has 0 aromatic carbocycles. The van der Waals surface area contributed by atoms with Crippen molar-refractivity contribution in [1.29, 1.82) is 0 Å². The highest BCUT2D eigenvalue weighted by atomic mass is 16.1. The van der Waals surface area contributed by atoms with Gasteiger partial charge in [0.15, 0.2) is 0 Å². The zero-order chi connectivity index (χ0) is 23.9. The molecule has 178 valence electrons. The molecule has 1 saturated carbocycles. The van der Waals surface area contributed by atoms with Gasteiger partial charge in [0.2, 0.25) is 5.91 Å². The number of anilines is 2. The molecule has 6 rings (SSSR count). The Morgan fingerprint density at radius 3 is 2.83 bits per heavy atom. The Labute approximate surface area is 203 Å². The van der Waals surface area contributed by atoms with E-state index >= 15 is 0 Å². The topological polar surface area (TPSA) is 114 Å². The lowest BCUT2D eigenvalue weighted by Crippen LogP contribution is -2.27. The fraction of sp³-hybridized carbons (Fsp3) is 0.333. The van der Waals surface area contributed by atoms with Gasteiger partial charge in [-0.15, -0.1) is 0 Å². The number of aryl methyl sites for hydroxylation is 2. The van der Waals surface area contributed by atoms with Gasteiger partial charge in [-0.2, -0.15) is 0 Å². The minimum atomic E-state index is -0.00750. The second-order valence-corrected chi connectivity index (χ2v) is 9.63. The van der Waals surface area contributed by atoms with Crippen molar-refractivity contribution >= 4 is 29.0 Å². The first-order chi connectivity index (χ1) is 17.1. The first-order valence-corrected chi connectivity index (χ1v) is 12.3. The molecule has 8 nitrogen and oxygen atoms in total. The first kappa shape index (κ1) is 21.6. The number of H-pyrrole nitrogens is 1. The Kier molecular flexibility index (Phi) is 5.36. The monoisotopic (exact) mass is 467 g/mol.